The fourth-order valence-electron chi connectivity index (χ4n) is 0.812. The van der Waals surface area contributed by atoms with Crippen LogP contribution < -0.4 is 5.32 Å². The van der Waals surface area contributed by atoms with E-state index in [-0.39, 0.29) is 0 Å². The molecule has 1 N–H and O–H groups in total. The topological polar surface area (TPSA) is 38.3 Å². The Bertz CT molecular complexity index is 250. The van der Waals surface area contributed by atoms with Crippen molar-refractivity contribution in [2.24, 2.45) is 0 Å². The first-order valence-corrected chi connectivity index (χ1v) is 3.98. The Morgan fingerprint density at radius 3 is 2.67 bits per heavy atom. The lowest BCUT2D eigenvalue weighted by atomic mass is 10.2. The maximum Gasteiger partial charge on any atom is 0.409 e. The third kappa shape index (κ3) is 2.89. The number of rotatable bonds is 2. The van der Waals surface area contributed by atoms with Gasteiger partial charge in [0, 0.05) is 6.54 Å². The monoisotopic (exact) mass is 183 g/mol. The molecule has 12 heavy (non-hydrogen) atoms. The molecule has 1 atom stereocenters. The molecule has 3 nitrogen and oxygen atoms in total. The maximum atomic E-state index is 10.6. The summed E-state index contributed by atoms with van der Waals surface area (Å²) in [6, 6.07) is 9.63. The number of nitrogens with one attached hydrogen (secondary N) is 1. The van der Waals surface area contributed by atoms with Gasteiger partial charge in [0.05, 0.1) is 9.47 Å². The smallest absolute Gasteiger partial charge is 0.409 e. The third-order valence-corrected chi connectivity index (χ3v) is 1.60. The summed E-state index contributed by atoms with van der Waals surface area (Å²) < 4.78 is 4.34. The molecule has 1 aromatic rings. The van der Waals surface area contributed by atoms with E-state index in [4.69, 9.17) is 0 Å². The van der Waals surface area contributed by atoms with Gasteiger partial charge in [0.1, 0.15) is 0 Å². The summed E-state index contributed by atoms with van der Waals surface area (Å²) in [5, 5.41) is 2.57. The molecule has 1 rings (SSSR count). The molecule has 0 spiro atoms. The predicted molar refractivity (Wildman–Crippen MR) is 49.5 cm³/mol. The quantitative estimate of drug-likeness (QED) is 0.708. The first-order chi connectivity index (χ1) is 5.83. The molecule has 0 aromatic heterocycles. The molecular weight excluding hydrogens is 173 g/mol. The van der Waals surface area contributed by atoms with Gasteiger partial charge < -0.3 is 9.84 Å². The highest BCUT2D eigenvalue weighted by atomic mass is 31.0. The zero-order valence-electron chi connectivity index (χ0n) is 6.49. The van der Waals surface area contributed by atoms with Crippen molar-refractivity contribution in [3.63, 3.8) is 0 Å². The summed E-state index contributed by atoms with van der Waals surface area (Å²) in [6.45, 7) is 0.494. The van der Waals surface area contributed by atoms with Gasteiger partial charge in [0.25, 0.3) is 0 Å². The average Bonchev–Trinajstić information content (AvgIpc) is 2.16. The molecule has 0 heterocycles. The summed E-state index contributed by atoms with van der Waals surface area (Å²) >= 11 is 0. The maximum absolute atomic E-state index is 10.6. The molecule has 0 radical (unpaired) electrons. The highest BCUT2D eigenvalue weighted by Gasteiger charge is 1.96. The zero-order valence-corrected chi connectivity index (χ0v) is 7.64. The molecule has 0 bridgehead atoms. The van der Waals surface area contributed by atoms with Crippen LogP contribution in [-0.4, -0.2) is 6.09 Å². The minimum Gasteiger partial charge on any atom is -0.435 e. The number of benzene rings is 1. The second-order valence-electron chi connectivity index (χ2n) is 2.24. The van der Waals surface area contributed by atoms with E-state index in [1.54, 1.807) is 0 Å². The van der Waals surface area contributed by atoms with Crippen LogP contribution in [0.1, 0.15) is 5.56 Å². The van der Waals surface area contributed by atoms with Crippen molar-refractivity contribution in [2.75, 3.05) is 0 Å². The fraction of sp³-hybridized carbons (Fsp3) is 0.125. The van der Waals surface area contributed by atoms with Crippen LogP contribution in [0.5, 0.6) is 0 Å². The van der Waals surface area contributed by atoms with Crippen LogP contribution in [0.3, 0.4) is 0 Å². The molecule has 1 amide bonds. The van der Waals surface area contributed by atoms with Crippen LogP contribution in [0.4, 0.5) is 4.79 Å². The van der Waals surface area contributed by atoms with Crippen molar-refractivity contribution in [3.05, 3.63) is 35.9 Å². The highest BCUT2D eigenvalue weighted by Crippen LogP contribution is 1.97. The van der Waals surface area contributed by atoms with Gasteiger partial charge in [0.15, 0.2) is 0 Å². The Hall–Kier alpha value is -1.08. The van der Waals surface area contributed by atoms with Crippen molar-refractivity contribution < 1.29 is 9.32 Å². The summed E-state index contributed by atoms with van der Waals surface area (Å²) in [7, 11) is 1.89. The lowest BCUT2D eigenvalue weighted by molar-refractivity contribution is 0.207. The van der Waals surface area contributed by atoms with Crippen molar-refractivity contribution in [1.29, 1.82) is 0 Å². The molecule has 0 aliphatic rings. The van der Waals surface area contributed by atoms with Gasteiger partial charge in [-0.2, -0.15) is 0 Å². The van der Waals surface area contributed by atoms with E-state index in [9.17, 15) is 4.79 Å². The average molecular weight is 183 g/mol. The molecule has 0 fully saturated rings. The summed E-state index contributed by atoms with van der Waals surface area (Å²) in [6.07, 6.45) is -0.441. The van der Waals surface area contributed by atoms with E-state index in [0.29, 0.717) is 6.54 Å². The van der Waals surface area contributed by atoms with Crippen LogP contribution in [-0.2, 0) is 11.1 Å². The lowest BCUT2D eigenvalue weighted by Gasteiger charge is -2.02. The van der Waals surface area contributed by atoms with E-state index in [1.807, 2.05) is 39.8 Å². The third-order valence-electron chi connectivity index (χ3n) is 1.39. The Morgan fingerprint density at radius 1 is 1.42 bits per heavy atom. The first kappa shape index (κ1) is 9.01. The number of carbonyl (C=O) groups is 1. The molecular formula is C8H10NO2P. The molecule has 0 saturated carbocycles. The van der Waals surface area contributed by atoms with Crippen molar-refractivity contribution in [3.8, 4) is 0 Å². The molecule has 0 aliphatic heterocycles. The number of hydrogen-bond donors (Lipinski definition) is 1. The van der Waals surface area contributed by atoms with Gasteiger partial charge in [-0.15, -0.1) is 0 Å². The van der Waals surface area contributed by atoms with Crippen molar-refractivity contribution in [1.82, 2.24) is 5.32 Å². The number of hydrogen-bond acceptors (Lipinski definition) is 2. The van der Waals surface area contributed by atoms with E-state index in [1.165, 1.54) is 0 Å². The fourth-order valence-corrected chi connectivity index (χ4v) is 0.895. The van der Waals surface area contributed by atoms with Crippen LogP contribution >= 0.6 is 9.47 Å². The minimum absolute atomic E-state index is 0.441. The van der Waals surface area contributed by atoms with Gasteiger partial charge in [-0.1, -0.05) is 30.3 Å². The number of amides is 1. The second-order valence-corrected chi connectivity index (χ2v) is 2.48. The normalized spacial score (nSPS) is 9.08. The summed E-state index contributed by atoms with van der Waals surface area (Å²) in [5.74, 6) is 0. The number of carbonyl (C=O) groups excluding carboxylic acids is 1. The molecule has 0 aliphatic carbocycles. The first-order valence-electron chi connectivity index (χ1n) is 3.51. The molecule has 0 saturated heterocycles. The largest absolute Gasteiger partial charge is 0.435 e. The van der Waals surface area contributed by atoms with Crippen LogP contribution in [0.2, 0.25) is 0 Å². The minimum atomic E-state index is -0.441. The Labute approximate surface area is 73.4 Å². The van der Waals surface area contributed by atoms with Gasteiger partial charge in [0.2, 0.25) is 0 Å². The summed E-state index contributed by atoms with van der Waals surface area (Å²) in [4.78, 5) is 10.6. The molecule has 64 valence electrons. The summed E-state index contributed by atoms with van der Waals surface area (Å²) in [5.41, 5.74) is 1.05. The highest BCUT2D eigenvalue weighted by molar-refractivity contribution is 7.10. The standard InChI is InChI=1S/C8H10NO2P/c10-8(11-12)9-6-7-4-2-1-3-5-7/h1-5H,6,12H2,(H,9,10). The van der Waals surface area contributed by atoms with Crippen LogP contribution in [0.15, 0.2) is 30.3 Å². The van der Waals surface area contributed by atoms with Crippen molar-refractivity contribution >= 4 is 15.6 Å². The molecule has 1 unspecified atom stereocenters. The predicted octanol–water partition coefficient (Wildman–Crippen LogP) is 1.70. The molecule has 1 aromatic carbocycles. The Kier molecular flexibility index (Phi) is 3.55. The lowest BCUT2D eigenvalue weighted by Crippen LogP contribution is -2.20. The second kappa shape index (κ2) is 4.73. The van der Waals surface area contributed by atoms with E-state index < -0.39 is 6.09 Å². The van der Waals surface area contributed by atoms with Gasteiger partial charge >= 0.3 is 6.09 Å². The van der Waals surface area contributed by atoms with E-state index in [0.717, 1.165) is 5.56 Å². The van der Waals surface area contributed by atoms with Crippen LogP contribution in [0, 0.1) is 0 Å². The zero-order chi connectivity index (χ0) is 8.81. The SMILES string of the molecule is O=C(NCc1ccccc1)OP. The Balaban J connectivity index is 2.38. The van der Waals surface area contributed by atoms with E-state index in [2.05, 4.69) is 9.84 Å². The van der Waals surface area contributed by atoms with Gasteiger partial charge in [-0.05, 0) is 5.56 Å². The van der Waals surface area contributed by atoms with E-state index >= 15 is 0 Å². The van der Waals surface area contributed by atoms with Crippen LogP contribution in [0.25, 0.3) is 0 Å². The van der Waals surface area contributed by atoms with Gasteiger partial charge in [-0.3, -0.25) is 0 Å². The van der Waals surface area contributed by atoms with Gasteiger partial charge in [-0.25, -0.2) is 4.79 Å². The Morgan fingerprint density at radius 2 is 2.08 bits per heavy atom. The van der Waals surface area contributed by atoms with Crippen molar-refractivity contribution in [2.45, 2.75) is 6.54 Å². The molecule has 4 heteroatoms.